The van der Waals surface area contributed by atoms with Gasteiger partial charge in [0.25, 0.3) is 5.56 Å². The molecule has 4 rings (SSSR count). The molecule has 0 bridgehead atoms. The van der Waals surface area contributed by atoms with E-state index in [-0.39, 0.29) is 5.56 Å². The van der Waals surface area contributed by atoms with Gasteiger partial charge < -0.3 is 9.47 Å². The second-order valence-electron chi connectivity index (χ2n) is 6.55. The molecule has 142 valence electrons. The van der Waals surface area contributed by atoms with Gasteiger partial charge in [0, 0.05) is 10.4 Å². The number of rotatable bonds is 5. The Morgan fingerprint density at radius 2 is 1.82 bits per heavy atom. The summed E-state index contributed by atoms with van der Waals surface area (Å²) in [5, 5.41) is 0. The molecule has 2 aromatic carbocycles. The van der Waals surface area contributed by atoms with Crippen LogP contribution in [0.15, 0.2) is 59.7 Å². The molecule has 6 heteroatoms. The smallest absolute Gasteiger partial charge is 0.271 e. The van der Waals surface area contributed by atoms with E-state index >= 15 is 0 Å². The fourth-order valence-corrected chi connectivity index (χ4v) is 4.24. The van der Waals surface area contributed by atoms with E-state index in [4.69, 9.17) is 9.47 Å². The first kappa shape index (κ1) is 18.3. The Balaban J connectivity index is 1.73. The van der Waals surface area contributed by atoms with E-state index in [1.807, 2.05) is 55.5 Å². The summed E-state index contributed by atoms with van der Waals surface area (Å²) in [7, 11) is 3.28. The first-order valence-corrected chi connectivity index (χ1v) is 9.67. The second-order valence-corrected chi connectivity index (χ2v) is 7.60. The lowest BCUT2D eigenvalue weighted by molar-refractivity contribution is 0.408. The molecule has 0 N–H and O–H groups in total. The predicted molar refractivity (Wildman–Crippen MR) is 113 cm³/mol. The summed E-state index contributed by atoms with van der Waals surface area (Å²) in [4.78, 5) is 18.5. The molecular weight excluding hydrogens is 372 g/mol. The Kier molecular flexibility index (Phi) is 4.88. The van der Waals surface area contributed by atoms with E-state index in [0.29, 0.717) is 16.8 Å². The average Bonchev–Trinajstić information content (AvgIpc) is 3.15. The van der Waals surface area contributed by atoms with Crippen LogP contribution in [0.3, 0.4) is 0 Å². The maximum Gasteiger partial charge on any atom is 0.271 e. The van der Waals surface area contributed by atoms with Gasteiger partial charge in [-0.15, -0.1) is 11.3 Å². The van der Waals surface area contributed by atoms with Crippen LogP contribution in [0.5, 0.6) is 11.5 Å². The summed E-state index contributed by atoms with van der Waals surface area (Å²) < 4.78 is 12.9. The number of hydrogen-bond acceptors (Lipinski definition) is 5. The quantitative estimate of drug-likeness (QED) is 0.502. The monoisotopic (exact) mass is 392 g/mol. The Bertz CT molecular complexity index is 1190. The van der Waals surface area contributed by atoms with Crippen LogP contribution in [-0.4, -0.2) is 23.8 Å². The molecule has 5 nitrogen and oxygen atoms in total. The van der Waals surface area contributed by atoms with Gasteiger partial charge in [-0.05, 0) is 48.9 Å². The number of methoxy groups -OCH3 is 2. The first-order valence-electron chi connectivity index (χ1n) is 8.86. The van der Waals surface area contributed by atoms with Gasteiger partial charge in [0.1, 0.15) is 16.2 Å². The lowest BCUT2D eigenvalue weighted by Gasteiger charge is -2.11. The van der Waals surface area contributed by atoms with Crippen molar-refractivity contribution in [2.24, 2.45) is 0 Å². The average molecular weight is 392 g/mol. The van der Waals surface area contributed by atoms with E-state index < -0.39 is 0 Å². The topological polar surface area (TPSA) is 53.4 Å². The van der Waals surface area contributed by atoms with E-state index in [0.717, 1.165) is 33.1 Å². The van der Waals surface area contributed by atoms with Crippen molar-refractivity contribution in [2.75, 3.05) is 14.2 Å². The minimum atomic E-state index is -0.0432. The van der Waals surface area contributed by atoms with E-state index in [1.54, 1.807) is 25.1 Å². The Morgan fingerprint density at radius 3 is 2.54 bits per heavy atom. The van der Waals surface area contributed by atoms with Crippen LogP contribution in [0.2, 0.25) is 0 Å². The van der Waals surface area contributed by atoms with E-state index in [1.165, 1.54) is 11.3 Å². The molecule has 0 spiro atoms. The minimum absolute atomic E-state index is 0.0432. The molecule has 0 aliphatic heterocycles. The third-order valence-corrected chi connectivity index (χ3v) is 5.82. The van der Waals surface area contributed by atoms with Gasteiger partial charge in [-0.1, -0.05) is 17.7 Å². The zero-order valence-corrected chi connectivity index (χ0v) is 16.7. The summed E-state index contributed by atoms with van der Waals surface area (Å²) in [6, 6.07) is 15.7. The maximum atomic E-state index is 13.0. The standard InChI is InChI=1S/C22H20N2O3S/c1-14-4-9-19(27-3)16(10-14)12-24-13-23-18-11-20(28-21(18)22(24)25)15-5-7-17(26-2)8-6-15/h4-11,13H,12H2,1-3H3. The van der Waals surface area contributed by atoms with Gasteiger partial charge in [-0.2, -0.15) is 0 Å². The zero-order chi connectivity index (χ0) is 19.7. The molecule has 2 aromatic heterocycles. The Hall–Kier alpha value is -3.12. The molecule has 2 heterocycles. The molecule has 4 aromatic rings. The molecule has 0 fully saturated rings. The van der Waals surface area contributed by atoms with Crippen molar-refractivity contribution in [2.45, 2.75) is 13.5 Å². The fraction of sp³-hybridized carbons (Fsp3) is 0.182. The van der Waals surface area contributed by atoms with Crippen LogP contribution in [0.1, 0.15) is 11.1 Å². The third-order valence-electron chi connectivity index (χ3n) is 4.65. The van der Waals surface area contributed by atoms with Crippen LogP contribution < -0.4 is 15.0 Å². The van der Waals surface area contributed by atoms with Crippen LogP contribution >= 0.6 is 11.3 Å². The molecule has 0 saturated heterocycles. The molecule has 0 amide bonds. The summed E-state index contributed by atoms with van der Waals surface area (Å²) in [6.07, 6.45) is 1.61. The highest BCUT2D eigenvalue weighted by Gasteiger charge is 2.12. The second kappa shape index (κ2) is 7.48. The van der Waals surface area contributed by atoms with Gasteiger partial charge >= 0.3 is 0 Å². The number of fused-ring (bicyclic) bond motifs is 1. The Morgan fingerprint density at radius 1 is 1.04 bits per heavy atom. The highest BCUT2D eigenvalue weighted by Crippen LogP contribution is 2.32. The molecule has 0 unspecified atom stereocenters. The van der Waals surface area contributed by atoms with Crippen LogP contribution in [-0.2, 0) is 6.54 Å². The molecule has 0 saturated carbocycles. The largest absolute Gasteiger partial charge is 0.497 e. The Labute approximate surface area is 166 Å². The van der Waals surface area contributed by atoms with Crippen molar-refractivity contribution in [1.29, 1.82) is 0 Å². The number of hydrogen-bond donors (Lipinski definition) is 0. The number of aromatic nitrogens is 2. The van der Waals surface area contributed by atoms with Crippen molar-refractivity contribution in [3.05, 3.63) is 76.3 Å². The number of ether oxygens (including phenoxy) is 2. The highest BCUT2D eigenvalue weighted by molar-refractivity contribution is 7.22. The number of benzene rings is 2. The third kappa shape index (κ3) is 3.39. The number of aryl methyl sites for hydroxylation is 1. The normalized spacial score (nSPS) is 11.0. The molecule has 0 aliphatic carbocycles. The molecule has 0 aliphatic rings. The summed E-state index contributed by atoms with van der Waals surface area (Å²) in [5.41, 5.74) is 3.79. The summed E-state index contributed by atoms with van der Waals surface area (Å²) in [5.74, 6) is 1.57. The van der Waals surface area contributed by atoms with Crippen molar-refractivity contribution < 1.29 is 9.47 Å². The van der Waals surface area contributed by atoms with Crippen molar-refractivity contribution in [3.8, 4) is 21.9 Å². The van der Waals surface area contributed by atoms with Gasteiger partial charge in [0.15, 0.2) is 0 Å². The maximum absolute atomic E-state index is 13.0. The molecule has 0 atom stereocenters. The van der Waals surface area contributed by atoms with Gasteiger partial charge in [-0.25, -0.2) is 4.98 Å². The van der Waals surface area contributed by atoms with Crippen LogP contribution in [0, 0.1) is 6.92 Å². The van der Waals surface area contributed by atoms with Gasteiger partial charge in [-0.3, -0.25) is 9.36 Å². The molecule has 0 radical (unpaired) electrons. The lowest BCUT2D eigenvalue weighted by atomic mass is 10.1. The fourth-order valence-electron chi connectivity index (χ4n) is 3.17. The van der Waals surface area contributed by atoms with E-state index in [9.17, 15) is 4.79 Å². The lowest BCUT2D eigenvalue weighted by Crippen LogP contribution is -2.20. The summed E-state index contributed by atoms with van der Waals surface area (Å²) >= 11 is 1.46. The minimum Gasteiger partial charge on any atom is -0.497 e. The predicted octanol–water partition coefficient (Wildman–Crippen LogP) is 4.50. The van der Waals surface area contributed by atoms with E-state index in [2.05, 4.69) is 4.98 Å². The summed E-state index contributed by atoms with van der Waals surface area (Å²) in [6.45, 7) is 2.44. The van der Waals surface area contributed by atoms with Crippen LogP contribution in [0.25, 0.3) is 20.7 Å². The molecular formula is C22H20N2O3S. The van der Waals surface area contributed by atoms with Gasteiger partial charge in [0.05, 0.1) is 32.6 Å². The SMILES string of the molecule is COc1ccc(-c2cc3ncn(Cc4cc(C)ccc4OC)c(=O)c3s2)cc1. The highest BCUT2D eigenvalue weighted by atomic mass is 32.1. The number of nitrogens with zero attached hydrogens (tertiary/aromatic N) is 2. The number of thiophene rings is 1. The molecule has 28 heavy (non-hydrogen) atoms. The zero-order valence-electron chi connectivity index (χ0n) is 15.9. The van der Waals surface area contributed by atoms with Crippen molar-refractivity contribution in [1.82, 2.24) is 9.55 Å². The van der Waals surface area contributed by atoms with Gasteiger partial charge in [0.2, 0.25) is 0 Å². The van der Waals surface area contributed by atoms with Crippen molar-refractivity contribution >= 4 is 21.6 Å². The van der Waals surface area contributed by atoms with Crippen molar-refractivity contribution in [3.63, 3.8) is 0 Å². The van der Waals surface area contributed by atoms with Crippen LogP contribution in [0.4, 0.5) is 0 Å². The first-order chi connectivity index (χ1) is 13.6.